The molecule has 4 aromatic rings. The summed E-state index contributed by atoms with van der Waals surface area (Å²) < 4.78 is 7.97. The zero-order chi connectivity index (χ0) is 23.9. The van der Waals surface area contributed by atoms with E-state index in [1.54, 1.807) is 11.3 Å². The molecule has 0 spiro atoms. The van der Waals surface area contributed by atoms with E-state index in [1.165, 1.54) is 54.5 Å². The Balaban J connectivity index is 1.46. The fourth-order valence-corrected chi connectivity index (χ4v) is 5.96. The van der Waals surface area contributed by atoms with Crippen molar-refractivity contribution in [2.75, 3.05) is 6.61 Å². The number of nitrogens with zero attached hydrogens (tertiary/aromatic N) is 2. The van der Waals surface area contributed by atoms with Crippen molar-refractivity contribution >= 4 is 17.0 Å². The molecule has 0 bridgehead atoms. The van der Waals surface area contributed by atoms with Crippen LogP contribution in [-0.4, -0.2) is 11.2 Å². The van der Waals surface area contributed by atoms with Crippen LogP contribution in [-0.2, 0) is 13.0 Å². The highest BCUT2D eigenvalue weighted by Gasteiger charge is 2.16. The zero-order valence-corrected chi connectivity index (χ0v) is 21.3. The largest absolute Gasteiger partial charge is 0.494 e. The maximum Gasteiger partial charge on any atom is 0.190 e. The molecule has 3 nitrogen and oxygen atoms in total. The molecule has 5 rings (SSSR count). The third-order valence-corrected chi connectivity index (χ3v) is 7.78. The van der Waals surface area contributed by atoms with Crippen LogP contribution in [0.3, 0.4) is 0 Å². The number of ether oxygens (including phenoxy) is 1. The number of aryl methyl sites for hydroxylation is 1. The number of rotatable bonds is 8. The van der Waals surface area contributed by atoms with Crippen molar-refractivity contribution in [1.82, 2.24) is 4.57 Å². The van der Waals surface area contributed by atoms with E-state index in [-0.39, 0.29) is 0 Å². The van der Waals surface area contributed by atoms with Crippen LogP contribution in [0, 0.1) is 0 Å². The first-order chi connectivity index (χ1) is 17.3. The highest BCUT2D eigenvalue weighted by Crippen LogP contribution is 2.33. The lowest BCUT2D eigenvalue weighted by Crippen LogP contribution is -2.17. The van der Waals surface area contributed by atoms with Crippen LogP contribution in [0.4, 0.5) is 5.69 Å². The summed E-state index contributed by atoms with van der Waals surface area (Å²) in [6.07, 6.45) is 7.77. The monoisotopic (exact) mass is 482 g/mol. The van der Waals surface area contributed by atoms with Crippen LogP contribution in [0.15, 0.2) is 89.2 Å². The van der Waals surface area contributed by atoms with Gasteiger partial charge in [0.05, 0.1) is 18.0 Å². The molecular weight excluding hydrogens is 448 g/mol. The number of hydrogen-bond acceptors (Lipinski definition) is 3. The van der Waals surface area contributed by atoms with Gasteiger partial charge in [-0.15, -0.1) is 11.3 Å². The van der Waals surface area contributed by atoms with E-state index < -0.39 is 0 Å². The van der Waals surface area contributed by atoms with E-state index in [9.17, 15) is 0 Å². The Labute approximate surface area is 212 Å². The van der Waals surface area contributed by atoms with E-state index >= 15 is 0 Å². The summed E-state index contributed by atoms with van der Waals surface area (Å²) in [5, 5.41) is 2.26. The summed E-state index contributed by atoms with van der Waals surface area (Å²) in [5.74, 6) is 1.61. The summed E-state index contributed by atoms with van der Waals surface area (Å²) in [6, 6.07) is 28.1. The van der Waals surface area contributed by atoms with Gasteiger partial charge in [-0.3, -0.25) is 0 Å². The van der Waals surface area contributed by atoms with Gasteiger partial charge in [0.25, 0.3) is 0 Å². The summed E-state index contributed by atoms with van der Waals surface area (Å²) in [4.78, 5) is 6.04. The third kappa shape index (κ3) is 5.94. The van der Waals surface area contributed by atoms with Crippen LogP contribution in [0.1, 0.15) is 56.1 Å². The molecular formula is C31H34N2OS. The molecule has 0 aliphatic heterocycles. The molecule has 1 aliphatic rings. The Morgan fingerprint density at radius 1 is 0.886 bits per heavy atom. The number of aromatic nitrogens is 1. The average molecular weight is 483 g/mol. The Morgan fingerprint density at radius 3 is 2.34 bits per heavy atom. The number of benzene rings is 3. The molecule has 4 heteroatoms. The van der Waals surface area contributed by atoms with Crippen LogP contribution in [0.25, 0.3) is 11.3 Å². The second-order valence-corrected chi connectivity index (χ2v) is 10.1. The fraction of sp³-hybridized carbons (Fsp3) is 0.323. The van der Waals surface area contributed by atoms with Crippen molar-refractivity contribution in [3.05, 3.63) is 100 Å². The van der Waals surface area contributed by atoms with Gasteiger partial charge >= 0.3 is 0 Å². The van der Waals surface area contributed by atoms with Gasteiger partial charge < -0.3 is 9.30 Å². The molecule has 0 N–H and O–H groups in total. The summed E-state index contributed by atoms with van der Waals surface area (Å²) in [6.45, 7) is 3.57. The minimum atomic E-state index is 0.670. The Bertz CT molecular complexity index is 1260. The van der Waals surface area contributed by atoms with Crippen molar-refractivity contribution in [3.8, 4) is 17.0 Å². The smallest absolute Gasteiger partial charge is 0.190 e. The van der Waals surface area contributed by atoms with E-state index in [0.717, 1.165) is 35.1 Å². The first kappa shape index (κ1) is 23.6. The van der Waals surface area contributed by atoms with E-state index in [1.807, 2.05) is 31.2 Å². The first-order valence-corrected chi connectivity index (χ1v) is 13.8. The maximum absolute atomic E-state index is 5.59. The topological polar surface area (TPSA) is 26.5 Å². The second-order valence-electron chi connectivity index (χ2n) is 9.29. The minimum absolute atomic E-state index is 0.670. The molecule has 1 heterocycles. The predicted octanol–water partition coefficient (Wildman–Crippen LogP) is 8.14. The van der Waals surface area contributed by atoms with Gasteiger partial charge in [0.1, 0.15) is 5.75 Å². The normalized spacial score (nSPS) is 14.8. The molecule has 1 aromatic heterocycles. The van der Waals surface area contributed by atoms with Crippen molar-refractivity contribution in [2.45, 2.75) is 57.9 Å². The van der Waals surface area contributed by atoms with Crippen LogP contribution >= 0.6 is 11.3 Å². The molecule has 35 heavy (non-hydrogen) atoms. The van der Waals surface area contributed by atoms with E-state index in [2.05, 4.69) is 64.5 Å². The number of thiazole rings is 1. The standard InChI is InChI=1S/C31H34N2OS/c1-2-34-29-19-17-28(18-20-29)32-31-33(22-21-24-9-5-3-6-10-24)30(23-35-31)27-15-13-26(14-16-27)25-11-7-4-8-12-25/h3,5-6,9-10,13-20,23,25H,2,4,7-8,11-12,21-22H2,1H3. The van der Waals surface area contributed by atoms with Crippen molar-refractivity contribution in [3.63, 3.8) is 0 Å². The molecule has 1 aliphatic carbocycles. The van der Waals surface area contributed by atoms with Gasteiger partial charge in [-0.2, -0.15) is 0 Å². The molecule has 180 valence electrons. The summed E-state index contributed by atoms with van der Waals surface area (Å²) >= 11 is 1.71. The van der Waals surface area contributed by atoms with E-state index in [0.29, 0.717) is 6.61 Å². The summed E-state index contributed by atoms with van der Waals surface area (Å²) in [7, 11) is 0. The molecule has 1 fully saturated rings. The fourth-order valence-electron chi connectivity index (χ4n) is 5.01. The highest BCUT2D eigenvalue weighted by atomic mass is 32.1. The third-order valence-electron chi connectivity index (χ3n) is 6.92. The molecule has 1 saturated carbocycles. The van der Waals surface area contributed by atoms with Crippen LogP contribution < -0.4 is 9.54 Å². The van der Waals surface area contributed by atoms with Gasteiger partial charge in [-0.25, -0.2) is 4.99 Å². The molecule has 0 saturated heterocycles. The molecule has 0 unspecified atom stereocenters. The lowest BCUT2D eigenvalue weighted by molar-refractivity contribution is 0.340. The Hall–Kier alpha value is -3.11. The van der Waals surface area contributed by atoms with Crippen molar-refractivity contribution < 1.29 is 4.74 Å². The quantitative estimate of drug-likeness (QED) is 0.249. The lowest BCUT2D eigenvalue weighted by atomic mass is 9.84. The Kier molecular flexibility index (Phi) is 7.79. The molecule has 0 radical (unpaired) electrons. The van der Waals surface area contributed by atoms with Crippen molar-refractivity contribution in [2.24, 2.45) is 4.99 Å². The summed E-state index contributed by atoms with van der Waals surface area (Å²) in [5.41, 5.74) is 6.30. The van der Waals surface area contributed by atoms with Crippen molar-refractivity contribution in [1.29, 1.82) is 0 Å². The maximum atomic E-state index is 5.59. The highest BCUT2D eigenvalue weighted by molar-refractivity contribution is 7.07. The van der Waals surface area contributed by atoms with Gasteiger partial charge in [0.15, 0.2) is 4.80 Å². The molecule has 0 amide bonds. The van der Waals surface area contributed by atoms with Crippen LogP contribution in [0.2, 0.25) is 0 Å². The van der Waals surface area contributed by atoms with Gasteiger partial charge in [-0.05, 0) is 73.1 Å². The average Bonchev–Trinajstić information content (AvgIpc) is 3.32. The van der Waals surface area contributed by atoms with Crippen LogP contribution in [0.5, 0.6) is 5.75 Å². The molecule has 0 atom stereocenters. The van der Waals surface area contributed by atoms with E-state index in [4.69, 9.17) is 9.73 Å². The first-order valence-electron chi connectivity index (χ1n) is 12.9. The molecule has 3 aromatic carbocycles. The second kappa shape index (κ2) is 11.5. The Morgan fingerprint density at radius 2 is 1.63 bits per heavy atom. The van der Waals surface area contributed by atoms with Gasteiger partial charge in [0, 0.05) is 11.9 Å². The minimum Gasteiger partial charge on any atom is -0.494 e. The zero-order valence-electron chi connectivity index (χ0n) is 20.5. The van der Waals surface area contributed by atoms with Gasteiger partial charge in [0.2, 0.25) is 0 Å². The predicted molar refractivity (Wildman–Crippen MR) is 147 cm³/mol. The lowest BCUT2D eigenvalue weighted by Gasteiger charge is -2.22. The number of hydrogen-bond donors (Lipinski definition) is 0. The van der Waals surface area contributed by atoms with Gasteiger partial charge in [-0.1, -0.05) is 73.9 Å². The SMILES string of the molecule is CCOc1ccc(N=c2scc(-c3ccc(C4CCCCC4)cc3)n2CCc2ccccc2)cc1.